The smallest absolute Gasteiger partial charge is 0.0702 e. The van der Waals surface area contributed by atoms with Crippen molar-refractivity contribution in [2.75, 3.05) is 18.1 Å². The summed E-state index contributed by atoms with van der Waals surface area (Å²) in [6.07, 6.45) is 4.56. The van der Waals surface area contributed by atoms with Crippen molar-refractivity contribution in [2.24, 2.45) is 0 Å². The highest BCUT2D eigenvalue weighted by Crippen LogP contribution is 2.30. The van der Waals surface area contributed by atoms with Crippen molar-refractivity contribution in [3.8, 4) is 0 Å². The molecule has 1 aliphatic heterocycles. The van der Waals surface area contributed by atoms with Crippen LogP contribution in [-0.2, 0) is 6.61 Å². The molecule has 4 heteroatoms. The second-order valence-electron chi connectivity index (χ2n) is 4.81. The quantitative estimate of drug-likeness (QED) is 0.901. The molecule has 100 valence electrons. The number of benzene rings is 1. The lowest BCUT2D eigenvalue weighted by molar-refractivity contribution is 0.253. The number of anilines is 1. The van der Waals surface area contributed by atoms with Crippen LogP contribution in [0.4, 0.5) is 5.69 Å². The van der Waals surface area contributed by atoms with Crippen molar-refractivity contribution in [1.29, 1.82) is 0 Å². The molecule has 0 saturated carbocycles. The van der Waals surface area contributed by atoms with E-state index in [4.69, 9.17) is 0 Å². The lowest BCUT2D eigenvalue weighted by Gasteiger charge is -2.32. The molecule has 0 amide bonds. The van der Waals surface area contributed by atoms with E-state index in [0.29, 0.717) is 0 Å². The van der Waals surface area contributed by atoms with Gasteiger partial charge in [-0.15, -0.1) is 0 Å². The second-order valence-corrected chi connectivity index (χ2v) is 5.73. The summed E-state index contributed by atoms with van der Waals surface area (Å²) < 4.78 is 1.01. The summed E-state index contributed by atoms with van der Waals surface area (Å²) in [4.78, 5) is 2.25. The van der Waals surface area contributed by atoms with Gasteiger partial charge in [-0.3, -0.25) is 0 Å². The van der Waals surface area contributed by atoms with E-state index in [0.717, 1.165) is 35.1 Å². The highest BCUT2D eigenvalue weighted by molar-refractivity contribution is 9.10. The first-order valence-corrected chi connectivity index (χ1v) is 7.32. The third kappa shape index (κ3) is 3.05. The van der Waals surface area contributed by atoms with Gasteiger partial charge < -0.3 is 15.1 Å². The van der Waals surface area contributed by atoms with Gasteiger partial charge in [0.2, 0.25) is 0 Å². The first kappa shape index (κ1) is 13.8. The summed E-state index contributed by atoms with van der Waals surface area (Å²) in [6.45, 7) is 1.17. The summed E-state index contributed by atoms with van der Waals surface area (Å²) in [5.74, 6) is 0. The van der Waals surface area contributed by atoms with E-state index in [2.05, 4.69) is 20.8 Å². The van der Waals surface area contributed by atoms with Gasteiger partial charge in [-0.05, 0) is 25.0 Å². The lowest BCUT2D eigenvalue weighted by atomic mass is 10.1. The van der Waals surface area contributed by atoms with Crippen molar-refractivity contribution in [2.45, 2.75) is 38.3 Å². The molecule has 1 atom stereocenters. The van der Waals surface area contributed by atoms with Gasteiger partial charge in [0.1, 0.15) is 0 Å². The Kier molecular flexibility index (Phi) is 5.03. The third-order valence-corrected chi connectivity index (χ3v) is 4.11. The molecular formula is C14H20BrNO2. The molecule has 1 aromatic carbocycles. The second kappa shape index (κ2) is 6.55. The Balaban J connectivity index is 2.34. The first-order valence-electron chi connectivity index (χ1n) is 6.53. The fourth-order valence-electron chi connectivity index (χ4n) is 2.62. The number of aliphatic hydroxyl groups excluding tert-OH is 2. The van der Waals surface area contributed by atoms with Crippen LogP contribution in [0.25, 0.3) is 0 Å². The van der Waals surface area contributed by atoms with E-state index in [9.17, 15) is 10.2 Å². The molecule has 18 heavy (non-hydrogen) atoms. The van der Waals surface area contributed by atoms with Crippen LogP contribution in [0.3, 0.4) is 0 Å². The van der Waals surface area contributed by atoms with E-state index in [1.807, 2.05) is 18.2 Å². The van der Waals surface area contributed by atoms with Gasteiger partial charge in [0.15, 0.2) is 0 Å². The zero-order chi connectivity index (χ0) is 13.0. The van der Waals surface area contributed by atoms with Gasteiger partial charge in [0, 0.05) is 22.3 Å². The average molecular weight is 314 g/mol. The monoisotopic (exact) mass is 313 g/mol. The zero-order valence-corrected chi connectivity index (χ0v) is 12.1. The Labute approximate surface area is 117 Å². The molecule has 2 rings (SSSR count). The van der Waals surface area contributed by atoms with E-state index in [1.165, 1.54) is 12.8 Å². The van der Waals surface area contributed by atoms with Crippen LogP contribution < -0.4 is 4.90 Å². The topological polar surface area (TPSA) is 43.7 Å². The fourth-order valence-corrected chi connectivity index (χ4v) is 2.97. The summed E-state index contributed by atoms with van der Waals surface area (Å²) in [5, 5.41) is 19.0. The summed E-state index contributed by atoms with van der Waals surface area (Å²) in [6, 6.07) is 6.10. The van der Waals surface area contributed by atoms with Crippen LogP contribution in [0.15, 0.2) is 22.7 Å². The van der Waals surface area contributed by atoms with Crippen molar-refractivity contribution >= 4 is 21.6 Å². The van der Waals surface area contributed by atoms with Crippen LogP contribution >= 0.6 is 15.9 Å². The van der Waals surface area contributed by atoms with Gasteiger partial charge in [-0.1, -0.05) is 34.8 Å². The van der Waals surface area contributed by atoms with Crippen LogP contribution in [-0.4, -0.2) is 29.4 Å². The predicted molar refractivity (Wildman–Crippen MR) is 76.8 cm³/mol. The zero-order valence-electron chi connectivity index (χ0n) is 10.5. The number of hydrogen-bond acceptors (Lipinski definition) is 3. The van der Waals surface area contributed by atoms with Crippen molar-refractivity contribution in [3.05, 3.63) is 28.2 Å². The Hall–Kier alpha value is -0.580. The molecule has 0 bridgehead atoms. The normalized spacial score (nSPS) is 20.8. The molecule has 0 aromatic heterocycles. The maximum Gasteiger partial charge on any atom is 0.0702 e. The SMILES string of the molecule is OCc1ccc(Br)cc1N1CCCCCC1CO. The van der Waals surface area contributed by atoms with Crippen LogP contribution in [0.5, 0.6) is 0 Å². The summed E-state index contributed by atoms with van der Waals surface area (Å²) in [7, 11) is 0. The highest BCUT2D eigenvalue weighted by Gasteiger charge is 2.22. The lowest BCUT2D eigenvalue weighted by Crippen LogP contribution is -2.38. The minimum Gasteiger partial charge on any atom is -0.394 e. The van der Waals surface area contributed by atoms with Gasteiger partial charge >= 0.3 is 0 Å². The minimum absolute atomic E-state index is 0.0390. The Morgan fingerprint density at radius 3 is 2.78 bits per heavy atom. The van der Waals surface area contributed by atoms with Crippen molar-refractivity contribution in [3.63, 3.8) is 0 Å². The molecule has 1 fully saturated rings. The minimum atomic E-state index is 0.0390. The van der Waals surface area contributed by atoms with E-state index in [1.54, 1.807) is 0 Å². The van der Waals surface area contributed by atoms with Crippen LogP contribution in [0.1, 0.15) is 31.2 Å². The standard InChI is InChI=1S/C14H20BrNO2/c15-12-6-5-11(9-17)14(8-12)16-7-3-1-2-4-13(16)10-18/h5-6,8,13,17-18H,1-4,7,9-10H2. The first-order chi connectivity index (χ1) is 8.76. The molecule has 1 unspecified atom stereocenters. The maximum absolute atomic E-state index is 9.56. The predicted octanol–water partition coefficient (Wildman–Crippen LogP) is 2.68. The van der Waals surface area contributed by atoms with Crippen LogP contribution in [0.2, 0.25) is 0 Å². The molecule has 1 aliphatic rings. The molecule has 1 heterocycles. The Bertz CT molecular complexity index is 397. The van der Waals surface area contributed by atoms with E-state index in [-0.39, 0.29) is 19.3 Å². The van der Waals surface area contributed by atoms with Gasteiger partial charge in [-0.25, -0.2) is 0 Å². The maximum atomic E-state index is 9.56. The third-order valence-electron chi connectivity index (χ3n) is 3.62. The van der Waals surface area contributed by atoms with E-state index >= 15 is 0 Å². The van der Waals surface area contributed by atoms with E-state index < -0.39 is 0 Å². The molecule has 0 spiro atoms. The molecule has 2 N–H and O–H groups in total. The van der Waals surface area contributed by atoms with Crippen molar-refractivity contribution < 1.29 is 10.2 Å². The molecule has 0 aliphatic carbocycles. The molecule has 0 radical (unpaired) electrons. The molecule has 3 nitrogen and oxygen atoms in total. The Morgan fingerprint density at radius 2 is 2.06 bits per heavy atom. The summed E-state index contributed by atoms with van der Waals surface area (Å²) in [5.41, 5.74) is 1.98. The molecule has 1 saturated heterocycles. The highest BCUT2D eigenvalue weighted by atomic mass is 79.9. The van der Waals surface area contributed by atoms with Gasteiger partial charge in [0.25, 0.3) is 0 Å². The van der Waals surface area contributed by atoms with Crippen molar-refractivity contribution in [1.82, 2.24) is 0 Å². The number of aliphatic hydroxyl groups is 2. The molecular weight excluding hydrogens is 294 g/mol. The fraction of sp³-hybridized carbons (Fsp3) is 0.571. The van der Waals surface area contributed by atoms with Gasteiger partial charge in [-0.2, -0.15) is 0 Å². The number of hydrogen-bond donors (Lipinski definition) is 2. The average Bonchev–Trinajstić information content (AvgIpc) is 2.63. The number of nitrogens with zero attached hydrogens (tertiary/aromatic N) is 1. The largest absolute Gasteiger partial charge is 0.394 e. The Morgan fingerprint density at radius 1 is 1.22 bits per heavy atom. The number of rotatable bonds is 3. The number of halogens is 1. The summed E-state index contributed by atoms with van der Waals surface area (Å²) >= 11 is 3.48. The van der Waals surface area contributed by atoms with Crippen LogP contribution in [0, 0.1) is 0 Å². The van der Waals surface area contributed by atoms with Gasteiger partial charge in [0.05, 0.1) is 19.3 Å². The molecule has 1 aromatic rings.